The molecule has 0 saturated carbocycles. The fourth-order valence-electron chi connectivity index (χ4n) is 3.19. The third kappa shape index (κ3) is 4.24. The number of hydrogen-bond donors (Lipinski definition) is 1. The summed E-state index contributed by atoms with van der Waals surface area (Å²) < 4.78 is 6.68. The third-order valence-electron chi connectivity index (χ3n) is 4.94. The minimum Gasteiger partial charge on any atom is -0.618 e. The molecule has 1 N–H and O–H groups in total. The molecule has 150 valence electrons. The van der Waals surface area contributed by atoms with Gasteiger partial charge in [0.15, 0.2) is 11.3 Å². The molecule has 0 bridgehead atoms. The number of hydrogen-bond acceptors (Lipinski definition) is 3. The van der Waals surface area contributed by atoms with E-state index in [0.717, 1.165) is 22.3 Å². The summed E-state index contributed by atoms with van der Waals surface area (Å²) in [5, 5.41) is 15.9. The lowest BCUT2D eigenvalue weighted by Gasteiger charge is -2.17. The molecule has 3 aromatic rings. The summed E-state index contributed by atoms with van der Waals surface area (Å²) in [4.78, 5) is 13.4. The minimum absolute atomic E-state index is 0.242. The molecule has 5 nitrogen and oxygen atoms in total. The second-order valence-electron chi connectivity index (χ2n) is 7.08. The van der Waals surface area contributed by atoms with E-state index in [4.69, 9.17) is 4.74 Å². The molecule has 29 heavy (non-hydrogen) atoms. The van der Waals surface area contributed by atoms with Gasteiger partial charge in [0.2, 0.25) is 5.69 Å². The Morgan fingerprint density at radius 2 is 1.79 bits per heavy atom. The van der Waals surface area contributed by atoms with Crippen molar-refractivity contribution in [2.75, 3.05) is 11.9 Å². The van der Waals surface area contributed by atoms with Gasteiger partial charge in [-0.1, -0.05) is 37.3 Å². The van der Waals surface area contributed by atoms with Crippen LogP contribution in [0.2, 0.25) is 0 Å². The first-order valence-electron chi connectivity index (χ1n) is 9.77. The van der Waals surface area contributed by atoms with Gasteiger partial charge in [0.25, 0.3) is 5.91 Å². The van der Waals surface area contributed by atoms with Gasteiger partial charge in [-0.25, -0.2) is 0 Å². The topological polar surface area (TPSA) is 65.3 Å². The van der Waals surface area contributed by atoms with E-state index in [2.05, 4.69) is 5.32 Å². The van der Waals surface area contributed by atoms with Crippen LogP contribution >= 0.6 is 0 Å². The summed E-state index contributed by atoms with van der Waals surface area (Å²) in [6, 6.07) is 16.6. The number of rotatable bonds is 6. The summed E-state index contributed by atoms with van der Waals surface area (Å²) in [6.45, 7) is 8.12. The second kappa shape index (κ2) is 8.78. The number of ether oxygens (including phenoxy) is 1. The average molecular weight is 390 g/mol. The highest BCUT2D eigenvalue weighted by molar-refractivity contribution is 6.10. The zero-order valence-corrected chi connectivity index (χ0v) is 17.3. The quantitative estimate of drug-likeness (QED) is 0.478. The fraction of sp³-hybridized carbons (Fsp3) is 0.250. The van der Waals surface area contributed by atoms with E-state index in [0.29, 0.717) is 35.0 Å². The number of amides is 1. The zero-order chi connectivity index (χ0) is 21.0. The van der Waals surface area contributed by atoms with Gasteiger partial charge in [-0.3, -0.25) is 4.79 Å². The van der Waals surface area contributed by atoms with E-state index in [-0.39, 0.29) is 11.5 Å². The highest BCUT2D eigenvalue weighted by Crippen LogP contribution is 2.30. The normalized spacial score (nSPS) is 10.6. The Morgan fingerprint density at radius 1 is 1.07 bits per heavy atom. The van der Waals surface area contributed by atoms with Crippen molar-refractivity contribution in [3.05, 3.63) is 82.2 Å². The lowest BCUT2D eigenvalue weighted by Crippen LogP contribution is -2.36. The maximum absolute atomic E-state index is 13.4. The standard InChI is InChI=1S/C24H26N2O3/c1-5-14-29-21-15-17(3)26(28)23(19-11-7-6-8-12-19)22(21)24(27)25-20-13-9-10-16(2)18(20)4/h6-13,15H,5,14H2,1-4H3,(H,25,27). The number of anilines is 1. The van der Waals surface area contributed by atoms with Gasteiger partial charge >= 0.3 is 0 Å². The Labute approximate surface area is 171 Å². The van der Waals surface area contributed by atoms with Crippen molar-refractivity contribution in [3.8, 4) is 17.0 Å². The van der Waals surface area contributed by atoms with E-state index in [1.165, 1.54) is 0 Å². The summed E-state index contributed by atoms with van der Waals surface area (Å²) in [6.07, 6.45) is 0.796. The Bertz CT molecular complexity index is 1030. The first-order chi connectivity index (χ1) is 13.9. The number of aryl methyl sites for hydroxylation is 2. The number of carbonyl (C=O) groups excluding carboxylic acids is 1. The molecule has 1 heterocycles. The number of carbonyl (C=O) groups is 1. The maximum Gasteiger partial charge on any atom is 0.266 e. The predicted octanol–water partition coefficient (Wildman–Crippen LogP) is 4.95. The molecule has 1 aromatic heterocycles. The number of aromatic nitrogens is 1. The van der Waals surface area contributed by atoms with Crippen LogP contribution < -0.4 is 14.8 Å². The molecule has 5 heteroatoms. The van der Waals surface area contributed by atoms with E-state index >= 15 is 0 Å². The first kappa shape index (κ1) is 20.4. The Morgan fingerprint density at radius 3 is 2.48 bits per heavy atom. The number of pyridine rings is 1. The number of nitrogens with zero attached hydrogens (tertiary/aromatic N) is 1. The molecular formula is C24H26N2O3. The third-order valence-corrected chi connectivity index (χ3v) is 4.94. The highest BCUT2D eigenvalue weighted by Gasteiger charge is 2.28. The lowest BCUT2D eigenvalue weighted by atomic mass is 10.0. The van der Waals surface area contributed by atoms with Gasteiger partial charge in [-0.2, -0.15) is 4.73 Å². The van der Waals surface area contributed by atoms with Crippen LogP contribution in [0.3, 0.4) is 0 Å². The number of benzene rings is 2. The van der Waals surface area contributed by atoms with Crippen LogP contribution in [0, 0.1) is 26.0 Å². The highest BCUT2D eigenvalue weighted by atomic mass is 16.5. The van der Waals surface area contributed by atoms with Crippen molar-refractivity contribution in [1.29, 1.82) is 0 Å². The second-order valence-corrected chi connectivity index (χ2v) is 7.08. The van der Waals surface area contributed by atoms with Crippen molar-refractivity contribution in [2.45, 2.75) is 34.1 Å². The van der Waals surface area contributed by atoms with E-state index in [1.54, 1.807) is 13.0 Å². The lowest BCUT2D eigenvalue weighted by molar-refractivity contribution is -0.600. The van der Waals surface area contributed by atoms with Crippen LogP contribution in [0.1, 0.15) is 40.5 Å². The van der Waals surface area contributed by atoms with E-state index in [9.17, 15) is 10.0 Å². The van der Waals surface area contributed by atoms with E-state index < -0.39 is 0 Å². The molecule has 0 atom stereocenters. The monoisotopic (exact) mass is 390 g/mol. The molecule has 0 aliphatic rings. The van der Waals surface area contributed by atoms with Crippen molar-refractivity contribution < 1.29 is 14.3 Å². The van der Waals surface area contributed by atoms with Crippen molar-refractivity contribution in [1.82, 2.24) is 0 Å². The molecule has 0 fully saturated rings. The molecule has 3 rings (SSSR count). The van der Waals surface area contributed by atoms with Crippen LogP contribution in [-0.2, 0) is 0 Å². The van der Waals surface area contributed by atoms with Crippen LogP contribution in [0.25, 0.3) is 11.3 Å². The van der Waals surface area contributed by atoms with Crippen molar-refractivity contribution >= 4 is 11.6 Å². The van der Waals surface area contributed by atoms with Gasteiger partial charge < -0.3 is 15.3 Å². The van der Waals surface area contributed by atoms with Crippen LogP contribution in [-0.4, -0.2) is 12.5 Å². The van der Waals surface area contributed by atoms with Gasteiger partial charge in [0.05, 0.1) is 6.61 Å². The zero-order valence-electron chi connectivity index (χ0n) is 17.3. The molecule has 0 unspecified atom stereocenters. The van der Waals surface area contributed by atoms with Crippen molar-refractivity contribution in [2.24, 2.45) is 0 Å². The fourth-order valence-corrected chi connectivity index (χ4v) is 3.19. The summed E-state index contributed by atoms with van der Waals surface area (Å²) in [5.41, 5.74) is 4.45. The molecule has 0 saturated heterocycles. The summed E-state index contributed by atoms with van der Waals surface area (Å²) in [7, 11) is 0. The summed E-state index contributed by atoms with van der Waals surface area (Å²) in [5.74, 6) is 0.0476. The van der Waals surface area contributed by atoms with E-state index in [1.807, 2.05) is 69.3 Å². The SMILES string of the molecule is CCCOc1cc(C)[n+]([O-])c(-c2ccccc2)c1C(=O)Nc1cccc(C)c1C. The van der Waals surface area contributed by atoms with Gasteiger partial charge in [-0.15, -0.1) is 0 Å². The van der Waals surface area contributed by atoms with Crippen LogP contribution in [0.15, 0.2) is 54.6 Å². The Kier molecular flexibility index (Phi) is 6.17. The molecule has 0 spiro atoms. The smallest absolute Gasteiger partial charge is 0.266 e. The van der Waals surface area contributed by atoms with Gasteiger partial charge in [0, 0.05) is 24.2 Å². The molecule has 1 amide bonds. The van der Waals surface area contributed by atoms with Gasteiger partial charge in [-0.05, 0) is 49.6 Å². The molecule has 2 aromatic carbocycles. The first-order valence-corrected chi connectivity index (χ1v) is 9.77. The predicted molar refractivity (Wildman–Crippen MR) is 115 cm³/mol. The average Bonchev–Trinajstić information content (AvgIpc) is 2.72. The maximum atomic E-state index is 13.4. The van der Waals surface area contributed by atoms with Crippen LogP contribution in [0.5, 0.6) is 5.75 Å². The molecule has 0 radical (unpaired) electrons. The Hall–Kier alpha value is -3.34. The molecular weight excluding hydrogens is 364 g/mol. The number of nitrogens with one attached hydrogen (secondary N) is 1. The minimum atomic E-state index is -0.367. The van der Waals surface area contributed by atoms with Gasteiger partial charge in [0.1, 0.15) is 5.75 Å². The molecule has 0 aliphatic carbocycles. The molecule has 0 aliphatic heterocycles. The van der Waals surface area contributed by atoms with Crippen LogP contribution in [0.4, 0.5) is 5.69 Å². The van der Waals surface area contributed by atoms with Crippen molar-refractivity contribution in [3.63, 3.8) is 0 Å². The Balaban J connectivity index is 2.17. The largest absolute Gasteiger partial charge is 0.618 e. The summed E-state index contributed by atoms with van der Waals surface area (Å²) >= 11 is 0.